The highest BCUT2D eigenvalue weighted by Crippen LogP contribution is 2.24. The third-order valence-electron chi connectivity index (χ3n) is 3.88. The normalized spacial score (nSPS) is 10.9. The third kappa shape index (κ3) is 3.91. The largest absolute Gasteiger partial charge is 0.355 e. The zero-order valence-corrected chi connectivity index (χ0v) is 15.5. The Morgan fingerprint density at radius 3 is 2.75 bits per heavy atom. The maximum atomic E-state index is 12.1. The van der Waals surface area contributed by atoms with Gasteiger partial charge in [0.1, 0.15) is 0 Å². The van der Waals surface area contributed by atoms with E-state index in [1.165, 1.54) is 15.9 Å². The molecule has 0 saturated carbocycles. The fraction of sp³-hybridized carbons (Fsp3) is 0.167. The van der Waals surface area contributed by atoms with Crippen molar-refractivity contribution in [2.24, 2.45) is 0 Å². The van der Waals surface area contributed by atoms with Crippen LogP contribution in [0.3, 0.4) is 0 Å². The molecule has 0 atom stereocenters. The molecule has 0 saturated heterocycles. The van der Waals surface area contributed by atoms with Crippen LogP contribution >= 0.6 is 11.3 Å². The van der Waals surface area contributed by atoms with Gasteiger partial charge in [-0.3, -0.25) is 9.59 Å². The number of amides is 2. The highest BCUT2D eigenvalue weighted by Gasteiger charge is 2.14. The van der Waals surface area contributed by atoms with E-state index < -0.39 is 0 Å². The summed E-state index contributed by atoms with van der Waals surface area (Å²) in [6.07, 6.45) is 2.28. The molecule has 9 nitrogen and oxygen atoms in total. The molecule has 0 aliphatic carbocycles. The van der Waals surface area contributed by atoms with Gasteiger partial charge in [-0.05, 0) is 30.0 Å². The van der Waals surface area contributed by atoms with E-state index in [9.17, 15) is 9.59 Å². The predicted octanol–water partition coefficient (Wildman–Crippen LogP) is 2.00. The fourth-order valence-corrected chi connectivity index (χ4v) is 3.18. The van der Waals surface area contributed by atoms with Crippen molar-refractivity contribution >= 4 is 28.8 Å². The highest BCUT2D eigenvalue weighted by molar-refractivity contribution is 7.13. The molecule has 0 aromatic carbocycles. The lowest BCUT2D eigenvalue weighted by Gasteiger charge is -2.04. The number of fused-ring (bicyclic) bond motifs is 1. The summed E-state index contributed by atoms with van der Waals surface area (Å²) in [6.45, 7) is 0.771. The number of hydrogen-bond donors (Lipinski definition) is 2. The van der Waals surface area contributed by atoms with Crippen molar-refractivity contribution in [1.29, 1.82) is 0 Å². The molecule has 2 amide bonds. The van der Waals surface area contributed by atoms with Crippen molar-refractivity contribution in [1.82, 2.24) is 30.4 Å². The van der Waals surface area contributed by atoms with E-state index in [4.69, 9.17) is 4.52 Å². The van der Waals surface area contributed by atoms with Crippen molar-refractivity contribution in [2.75, 3.05) is 13.1 Å². The predicted molar refractivity (Wildman–Crippen MR) is 102 cm³/mol. The summed E-state index contributed by atoms with van der Waals surface area (Å²) >= 11 is 1.51. The first kappa shape index (κ1) is 17.9. The first-order chi connectivity index (χ1) is 13.7. The average molecular weight is 396 g/mol. The molecule has 4 heterocycles. The summed E-state index contributed by atoms with van der Waals surface area (Å²) in [4.78, 5) is 29.3. The van der Waals surface area contributed by atoms with E-state index in [0.717, 1.165) is 4.88 Å². The van der Waals surface area contributed by atoms with Crippen molar-refractivity contribution < 1.29 is 14.1 Å². The van der Waals surface area contributed by atoms with Crippen LogP contribution < -0.4 is 10.6 Å². The number of aromatic nitrogens is 4. The number of carbonyl (C=O) groups excluding carboxylic acids is 2. The van der Waals surface area contributed by atoms with Crippen LogP contribution in [0.25, 0.3) is 16.3 Å². The van der Waals surface area contributed by atoms with Gasteiger partial charge in [0.2, 0.25) is 5.82 Å². The zero-order chi connectivity index (χ0) is 19.3. The first-order valence-electron chi connectivity index (χ1n) is 8.59. The lowest BCUT2D eigenvalue weighted by molar-refractivity contribution is 0.0942. The zero-order valence-electron chi connectivity index (χ0n) is 14.7. The van der Waals surface area contributed by atoms with Gasteiger partial charge in [0.25, 0.3) is 11.8 Å². The Kier molecular flexibility index (Phi) is 5.11. The van der Waals surface area contributed by atoms with E-state index in [2.05, 4.69) is 25.9 Å². The van der Waals surface area contributed by atoms with Crippen LogP contribution in [0.5, 0.6) is 0 Å². The van der Waals surface area contributed by atoms with Gasteiger partial charge < -0.3 is 15.2 Å². The summed E-state index contributed by atoms with van der Waals surface area (Å²) in [5.74, 6) is -0.00155. The van der Waals surface area contributed by atoms with Crippen LogP contribution in [0.4, 0.5) is 0 Å². The van der Waals surface area contributed by atoms with Gasteiger partial charge in [-0.25, -0.2) is 9.50 Å². The summed E-state index contributed by atoms with van der Waals surface area (Å²) in [6, 6.07) is 10.8. The Balaban J connectivity index is 1.21. The number of hydrogen-bond acceptors (Lipinski definition) is 7. The number of nitrogens with zero attached hydrogens (tertiary/aromatic N) is 4. The minimum atomic E-state index is -0.355. The van der Waals surface area contributed by atoms with Gasteiger partial charge in [-0.1, -0.05) is 17.3 Å². The minimum absolute atomic E-state index is 0.110. The molecule has 2 N–H and O–H groups in total. The molecular weight excluding hydrogens is 380 g/mol. The first-order valence-corrected chi connectivity index (χ1v) is 9.47. The van der Waals surface area contributed by atoms with Crippen molar-refractivity contribution in [3.63, 3.8) is 0 Å². The standard InChI is InChI=1S/C18H16N6O3S/c25-17(12-11-13(27-23-12)14-5-3-10-28-14)19-7-4-8-20-18(26)16-21-15-6-1-2-9-24(15)22-16/h1-3,5-6,9-11H,4,7-8H2,(H,19,25)(H,20,26). The Bertz CT molecular complexity index is 1070. The lowest BCUT2D eigenvalue weighted by atomic mass is 10.3. The summed E-state index contributed by atoms with van der Waals surface area (Å²) < 4.78 is 6.73. The molecule has 4 aromatic heterocycles. The summed E-state index contributed by atoms with van der Waals surface area (Å²) in [7, 11) is 0. The molecule has 0 fully saturated rings. The Morgan fingerprint density at radius 2 is 1.96 bits per heavy atom. The number of rotatable bonds is 7. The SMILES string of the molecule is O=C(NCCCNC(=O)c1nc2ccccn2n1)c1cc(-c2cccs2)on1. The molecule has 28 heavy (non-hydrogen) atoms. The van der Waals surface area contributed by atoms with Gasteiger partial charge in [0, 0.05) is 25.4 Å². The molecule has 0 aliphatic rings. The van der Waals surface area contributed by atoms with Gasteiger partial charge >= 0.3 is 0 Å². The van der Waals surface area contributed by atoms with Gasteiger partial charge in [-0.15, -0.1) is 16.4 Å². The molecule has 10 heteroatoms. The molecule has 0 aliphatic heterocycles. The van der Waals surface area contributed by atoms with Crippen LogP contribution in [0.2, 0.25) is 0 Å². The Morgan fingerprint density at radius 1 is 1.11 bits per heavy atom. The molecule has 0 radical (unpaired) electrons. The van der Waals surface area contributed by atoms with E-state index in [1.54, 1.807) is 18.3 Å². The second kappa shape index (κ2) is 8.01. The van der Waals surface area contributed by atoms with Gasteiger partial charge in [-0.2, -0.15) is 0 Å². The molecule has 0 bridgehead atoms. The maximum Gasteiger partial charge on any atom is 0.290 e. The minimum Gasteiger partial charge on any atom is -0.355 e. The van der Waals surface area contributed by atoms with Crippen LogP contribution in [0.1, 0.15) is 27.5 Å². The molecule has 0 unspecified atom stereocenters. The van der Waals surface area contributed by atoms with Crippen LogP contribution in [0, 0.1) is 0 Å². The van der Waals surface area contributed by atoms with Gasteiger partial charge in [0.15, 0.2) is 17.1 Å². The molecule has 0 spiro atoms. The Labute approximate surface area is 163 Å². The van der Waals surface area contributed by atoms with E-state index >= 15 is 0 Å². The number of pyridine rings is 1. The van der Waals surface area contributed by atoms with Crippen LogP contribution in [0.15, 0.2) is 52.5 Å². The smallest absolute Gasteiger partial charge is 0.290 e. The Hall–Kier alpha value is -3.53. The number of thiophene rings is 1. The molecule has 142 valence electrons. The van der Waals surface area contributed by atoms with E-state index in [0.29, 0.717) is 30.9 Å². The lowest BCUT2D eigenvalue weighted by Crippen LogP contribution is -2.30. The second-order valence-electron chi connectivity index (χ2n) is 5.86. The van der Waals surface area contributed by atoms with E-state index in [1.807, 2.05) is 29.6 Å². The summed E-state index contributed by atoms with van der Waals surface area (Å²) in [5, 5.41) is 15.3. The second-order valence-corrected chi connectivity index (χ2v) is 6.81. The monoisotopic (exact) mass is 396 g/mol. The number of carbonyl (C=O) groups is 2. The van der Waals surface area contributed by atoms with Crippen LogP contribution in [-0.4, -0.2) is 44.7 Å². The van der Waals surface area contributed by atoms with Crippen molar-refractivity contribution in [2.45, 2.75) is 6.42 Å². The average Bonchev–Trinajstić information content (AvgIpc) is 3.46. The topological polar surface area (TPSA) is 114 Å². The number of nitrogens with one attached hydrogen (secondary N) is 2. The van der Waals surface area contributed by atoms with Crippen LogP contribution in [-0.2, 0) is 0 Å². The van der Waals surface area contributed by atoms with Crippen molar-refractivity contribution in [3.8, 4) is 10.6 Å². The highest BCUT2D eigenvalue weighted by atomic mass is 32.1. The van der Waals surface area contributed by atoms with Gasteiger partial charge in [0.05, 0.1) is 4.88 Å². The summed E-state index contributed by atoms with van der Waals surface area (Å²) in [5.41, 5.74) is 0.829. The molecular formula is C18H16N6O3S. The third-order valence-corrected chi connectivity index (χ3v) is 4.76. The molecule has 4 aromatic rings. The fourth-order valence-electron chi connectivity index (χ4n) is 2.51. The van der Waals surface area contributed by atoms with Crippen molar-refractivity contribution in [3.05, 3.63) is 59.5 Å². The maximum absolute atomic E-state index is 12.1. The molecule has 4 rings (SSSR count). The van der Waals surface area contributed by atoms with E-state index in [-0.39, 0.29) is 23.3 Å². The quantitative estimate of drug-likeness (QED) is 0.462.